The Balaban J connectivity index is 1.53. The number of rotatable bonds is 10. The van der Waals surface area contributed by atoms with Crippen molar-refractivity contribution >= 4 is 23.0 Å². The topological polar surface area (TPSA) is 98.3 Å². The second kappa shape index (κ2) is 11.1. The number of nitrogens with one attached hydrogen (secondary N) is 3. The van der Waals surface area contributed by atoms with E-state index in [4.69, 9.17) is 4.74 Å². The van der Waals surface area contributed by atoms with Crippen LogP contribution in [0, 0.1) is 11.7 Å². The first-order chi connectivity index (χ1) is 17.1. The number of aromatic nitrogens is 1. The lowest BCUT2D eigenvalue weighted by Crippen LogP contribution is -2.53. The Bertz CT molecular complexity index is 1050. The molecule has 196 valence electrons. The standard InChI is InChI=1S/C27H37FN4O3S/c1-26(2,3)36(34)32-27(19-9-10-19,24-7-5-6-14-29-24)13-12-18-8-11-21(28)22(15-18)31-25(33)23-16-20(35-4)17-30-23/h5-8,11,14-15,19-20,23,30,32H,9-10,12-13,16-17H2,1-4H3,(H,31,33)/t20-,23-,27+,36?/m1/s1. The van der Waals surface area contributed by atoms with Crippen molar-refractivity contribution in [3.05, 3.63) is 59.7 Å². The van der Waals surface area contributed by atoms with Crippen LogP contribution in [0.1, 0.15) is 57.7 Å². The van der Waals surface area contributed by atoms with Crippen LogP contribution in [0.25, 0.3) is 0 Å². The molecule has 1 aromatic heterocycles. The molecule has 1 saturated heterocycles. The quantitative estimate of drug-likeness (QED) is 0.415. The molecule has 2 aliphatic rings. The SMILES string of the molecule is CO[C@H]1CN[C@@H](C(=O)Nc2cc(CC[C@@](N[S+]([O-])C(C)(C)C)(c3ccccn3)C3CC3)ccc2F)C1. The number of nitrogens with zero attached hydrogens (tertiary/aromatic N) is 1. The molecule has 0 radical (unpaired) electrons. The number of anilines is 1. The lowest BCUT2D eigenvalue weighted by Gasteiger charge is -2.37. The molecule has 1 aliphatic carbocycles. The van der Waals surface area contributed by atoms with Crippen LogP contribution in [0.2, 0.25) is 0 Å². The molecule has 4 atom stereocenters. The van der Waals surface area contributed by atoms with E-state index in [1.54, 1.807) is 25.4 Å². The predicted molar refractivity (Wildman–Crippen MR) is 140 cm³/mol. The van der Waals surface area contributed by atoms with E-state index in [9.17, 15) is 13.7 Å². The molecule has 1 aromatic carbocycles. The fourth-order valence-corrected chi connectivity index (χ4v) is 5.73. The van der Waals surface area contributed by atoms with Gasteiger partial charge in [-0.15, -0.1) is 4.72 Å². The van der Waals surface area contributed by atoms with E-state index < -0.39 is 33.5 Å². The summed E-state index contributed by atoms with van der Waals surface area (Å²) in [6.45, 7) is 6.45. The highest BCUT2D eigenvalue weighted by atomic mass is 32.2. The zero-order valence-corrected chi connectivity index (χ0v) is 22.3. The molecule has 0 spiro atoms. The van der Waals surface area contributed by atoms with E-state index in [0.29, 0.717) is 31.7 Å². The molecular weight excluding hydrogens is 479 g/mol. The summed E-state index contributed by atoms with van der Waals surface area (Å²) in [5, 5.41) is 5.87. The van der Waals surface area contributed by atoms with Crippen LogP contribution in [-0.2, 0) is 32.9 Å². The van der Waals surface area contributed by atoms with Crippen LogP contribution in [0.3, 0.4) is 0 Å². The second-order valence-electron chi connectivity index (χ2n) is 10.8. The van der Waals surface area contributed by atoms with Crippen molar-refractivity contribution in [3.63, 3.8) is 0 Å². The number of methoxy groups -OCH3 is 1. The summed E-state index contributed by atoms with van der Waals surface area (Å²) in [5.41, 5.74) is 1.38. The second-order valence-corrected chi connectivity index (χ2v) is 12.8. The van der Waals surface area contributed by atoms with Crippen molar-refractivity contribution in [2.45, 2.75) is 75.3 Å². The minimum Gasteiger partial charge on any atom is -0.598 e. The molecule has 2 fully saturated rings. The highest BCUT2D eigenvalue weighted by molar-refractivity contribution is 7.90. The van der Waals surface area contributed by atoms with E-state index in [1.807, 2.05) is 39.0 Å². The highest BCUT2D eigenvalue weighted by Gasteiger charge is 2.51. The Kier molecular flexibility index (Phi) is 8.36. The Morgan fingerprint density at radius 2 is 2.06 bits per heavy atom. The van der Waals surface area contributed by atoms with Gasteiger partial charge in [0.2, 0.25) is 5.91 Å². The fourth-order valence-electron chi connectivity index (χ4n) is 4.72. The highest BCUT2D eigenvalue weighted by Crippen LogP contribution is 2.48. The van der Waals surface area contributed by atoms with E-state index in [-0.39, 0.29) is 17.7 Å². The van der Waals surface area contributed by atoms with Gasteiger partial charge in [-0.2, -0.15) is 0 Å². The molecule has 2 aromatic rings. The summed E-state index contributed by atoms with van der Waals surface area (Å²) in [7, 11) is 1.62. The molecule has 3 N–H and O–H groups in total. The number of halogens is 1. The third-order valence-electron chi connectivity index (χ3n) is 7.06. The van der Waals surface area contributed by atoms with Crippen molar-refractivity contribution in [2.24, 2.45) is 5.92 Å². The number of hydrogen-bond donors (Lipinski definition) is 3. The molecule has 1 amide bonds. The van der Waals surface area contributed by atoms with Gasteiger partial charge in [-0.05, 0) is 88.6 Å². The van der Waals surface area contributed by atoms with Gasteiger partial charge >= 0.3 is 0 Å². The molecule has 2 heterocycles. The maximum atomic E-state index is 14.6. The van der Waals surface area contributed by atoms with Gasteiger partial charge in [-0.25, -0.2) is 4.39 Å². The average Bonchev–Trinajstić information content (AvgIpc) is 3.60. The average molecular weight is 517 g/mol. The Hall–Kier alpha value is -2.04. The molecule has 9 heteroatoms. The summed E-state index contributed by atoms with van der Waals surface area (Å²) in [4.78, 5) is 17.4. The minimum absolute atomic E-state index is 0.0229. The van der Waals surface area contributed by atoms with Gasteiger partial charge in [-0.3, -0.25) is 9.78 Å². The molecule has 1 saturated carbocycles. The largest absolute Gasteiger partial charge is 0.598 e. The van der Waals surface area contributed by atoms with Crippen LogP contribution < -0.4 is 15.4 Å². The third-order valence-corrected chi connectivity index (χ3v) is 8.73. The monoisotopic (exact) mass is 516 g/mol. The zero-order valence-electron chi connectivity index (χ0n) is 21.5. The summed E-state index contributed by atoms with van der Waals surface area (Å²) in [6, 6.07) is 10.3. The van der Waals surface area contributed by atoms with Crippen molar-refractivity contribution < 1.29 is 18.5 Å². The van der Waals surface area contributed by atoms with E-state index >= 15 is 0 Å². The number of amides is 1. The number of carbonyl (C=O) groups excluding carboxylic acids is 1. The van der Waals surface area contributed by atoms with Crippen molar-refractivity contribution in [1.82, 2.24) is 15.0 Å². The molecule has 1 unspecified atom stereocenters. The number of aryl methyl sites for hydroxylation is 1. The lowest BCUT2D eigenvalue weighted by atomic mass is 9.84. The van der Waals surface area contributed by atoms with Gasteiger partial charge in [0, 0.05) is 31.2 Å². The summed E-state index contributed by atoms with van der Waals surface area (Å²) in [6.07, 6.45) is 5.62. The number of pyridine rings is 1. The summed E-state index contributed by atoms with van der Waals surface area (Å²) < 4.78 is 36.2. The van der Waals surface area contributed by atoms with Gasteiger partial charge in [0.1, 0.15) is 16.1 Å². The number of ether oxygens (including phenoxy) is 1. The van der Waals surface area contributed by atoms with E-state index in [1.165, 1.54) is 6.07 Å². The van der Waals surface area contributed by atoms with Crippen LogP contribution >= 0.6 is 0 Å². The lowest BCUT2D eigenvalue weighted by molar-refractivity contribution is -0.118. The minimum atomic E-state index is -1.29. The Labute approximate surface area is 216 Å². The number of hydrogen-bond acceptors (Lipinski definition) is 6. The van der Waals surface area contributed by atoms with E-state index in [0.717, 1.165) is 24.1 Å². The van der Waals surface area contributed by atoms with Gasteiger partial charge < -0.3 is 19.9 Å². The third kappa shape index (κ3) is 6.26. The first kappa shape index (κ1) is 27.0. The maximum Gasteiger partial charge on any atom is 0.241 e. The van der Waals surface area contributed by atoms with Gasteiger partial charge in [0.15, 0.2) is 0 Å². The first-order valence-corrected chi connectivity index (χ1v) is 13.7. The molecule has 4 rings (SSSR count). The Morgan fingerprint density at radius 1 is 1.28 bits per heavy atom. The van der Waals surface area contributed by atoms with E-state index in [2.05, 4.69) is 20.3 Å². The summed E-state index contributed by atoms with van der Waals surface area (Å²) >= 11 is -1.29. The van der Waals surface area contributed by atoms with Crippen molar-refractivity contribution in [2.75, 3.05) is 19.0 Å². The molecule has 0 bridgehead atoms. The van der Waals surface area contributed by atoms with Crippen molar-refractivity contribution in [1.29, 1.82) is 0 Å². The van der Waals surface area contributed by atoms with Crippen LogP contribution in [0.5, 0.6) is 0 Å². The van der Waals surface area contributed by atoms with Gasteiger partial charge in [0.05, 0.1) is 23.5 Å². The first-order valence-electron chi connectivity index (χ1n) is 12.6. The van der Waals surface area contributed by atoms with Crippen LogP contribution in [0.15, 0.2) is 42.6 Å². The molecule has 1 aliphatic heterocycles. The number of carbonyl (C=O) groups is 1. The van der Waals surface area contributed by atoms with Gasteiger partial charge in [-0.1, -0.05) is 12.1 Å². The summed E-state index contributed by atoms with van der Waals surface area (Å²) in [5.74, 6) is -0.423. The molecule has 7 nitrogen and oxygen atoms in total. The van der Waals surface area contributed by atoms with Crippen LogP contribution in [-0.4, -0.2) is 46.0 Å². The smallest absolute Gasteiger partial charge is 0.241 e. The maximum absolute atomic E-state index is 14.6. The van der Waals surface area contributed by atoms with Crippen molar-refractivity contribution in [3.8, 4) is 0 Å². The Morgan fingerprint density at radius 3 is 2.67 bits per heavy atom. The fraction of sp³-hybridized carbons (Fsp3) is 0.556. The molecule has 36 heavy (non-hydrogen) atoms. The molecular formula is C27H37FN4O3S. The zero-order chi connectivity index (χ0) is 25.9. The normalized spacial score (nSPS) is 22.7. The van der Waals surface area contributed by atoms with Gasteiger partial charge in [0.25, 0.3) is 0 Å². The predicted octanol–water partition coefficient (Wildman–Crippen LogP) is 3.83. The van der Waals surface area contributed by atoms with Crippen LogP contribution in [0.4, 0.5) is 10.1 Å². The number of benzene rings is 1.